The van der Waals surface area contributed by atoms with E-state index in [1.807, 2.05) is 0 Å². The summed E-state index contributed by atoms with van der Waals surface area (Å²) in [4.78, 5) is 95.4. The minimum Gasteiger partial charge on any atom is -0.481 e. The Labute approximate surface area is 352 Å². The largest absolute Gasteiger partial charge is 0.481 e. The van der Waals surface area contributed by atoms with E-state index < -0.39 is 89.8 Å². The molecule has 17 nitrogen and oxygen atoms in total. The molecule has 0 aliphatic carbocycles. The predicted molar refractivity (Wildman–Crippen MR) is 229 cm³/mol. The third kappa shape index (κ3) is 25.2. The van der Waals surface area contributed by atoms with Gasteiger partial charge in [-0.25, -0.2) is 0 Å². The molecule has 1 saturated heterocycles. The van der Waals surface area contributed by atoms with Gasteiger partial charge in [-0.15, -0.1) is 0 Å². The van der Waals surface area contributed by atoms with Crippen LogP contribution in [-0.2, 0) is 33.6 Å². The van der Waals surface area contributed by atoms with Gasteiger partial charge in [0.15, 0.2) is 5.96 Å². The molecule has 0 spiro atoms. The fourth-order valence-corrected chi connectivity index (χ4v) is 6.38. The number of aliphatic hydroxyl groups excluding tert-OH is 1. The SMILES string of the molecule is CCCCCCCC.CC[C@H](C)[C@@H]1NC(=O)[C@H](CCCN=C(N)N)NC(=O)C(CCC(=O)O)NC(=O)[C@H]([C@@H](C)O)NC(=O)CCCCCCCCCNC(C)C(=O)C1=O. The number of carbonyl (C=O) groups excluding carboxylic acids is 6. The average molecular weight is 839 g/mol. The van der Waals surface area contributed by atoms with E-state index in [1.54, 1.807) is 20.8 Å². The van der Waals surface area contributed by atoms with Crippen LogP contribution >= 0.6 is 0 Å². The van der Waals surface area contributed by atoms with E-state index in [1.165, 1.54) is 45.4 Å². The molecule has 4 amide bonds. The first-order chi connectivity index (χ1) is 28.0. The number of aliphatic carboxylic acids is 1. The molecule has 1 aliphatic rings. The number of Topliss-reactive ketones (excluding diaryl/α,β-unsaturated/α-hetero) is 2. The van der Waals surface area contributed by atoms with Gasteiger partial charge in [-0.05, 0) is 58.4 Å². The normalized spacial score (nSPS) is 23.7. The van der Waals surface area contributed by atoms with Crippen LogP contribution in [-0.4, -0.2) is 107 Å². The van der Waals surface area contributed by atoms with E-state index in [4.69, 9.17) is 11.5 Å². The minimum atomic E-state index is -1.49. The first-order valence-electron chi connectivity index (χ1n) is 22.0. The highest BCUT2D eigenvalue weighted by atomic mass is 16.4. The van der Waals surface area contributed by atoms with Gasteiger partial charge in [0, 0.05) is 19.4 Å². The van der Waals surface area contributed by atoms with Gasteiger partial charge < -0.3 is 48.3 Å². The van der Waals surface area contributed by atoms with Crippen molar-refractivity contribution in [2.24, 2.45) is 22.4 Å². The van der Waals surface area contributed by atoms with Gasteiger partial charge in [0.25, 0.3) is 0 Å². The summed E-state index contributed by atoms with van der Waals surface area (Å²) in [7, 11) is 0. The number of unbranched alkanes of at least 4 members (excludes halogenated alkanes) is 5. The number of carboxylic acid groups (broad SMARTS) is 1. The van der Waals surface area contributed by atoms with Crippen LogP contribution in [0.5, 0.6) is 0 Å². The highest BCUT2D eigenvalue weighted by Gasteiger charge is 2.36. The standard InChI is InChI=1S/C34H60N8O9.C8H18/c1-5-20(2)27-30(48)29(47)21(3)37-18-12-10-8-6-7-9-11-15-25(44)41-28(22(4)43)33(51)40-24(16-17-26(45)46)31(49)39-23(32(50)42-27)14-13-19-38-34(35)36;1-3-5-7-8-6-4-2/h20-24,27-28,37,43H,5-19H2,1-4H3,(H,39,49)(H,40,51)(H,41,44)(H,42,50)(H,45,46)(H4,35,36,38);3-8H2,1-2H3/t20-,21?,22+,23-,24?,27-,28-;/m0./s1. The molecule has 0 aromatic carbocycles. The molecule has 0 aromatic heterocycles. The highest BCUT2D eigenvalue weighted by Crippen LogP contribution is 2.14. The second kappa shape index (κ2) is 32.7. The number of ketones is 2. The molecule has 0 aromatic rings. The lowest BCUT2D eigenvalue weighted by Crippen LogP contribution is -2.60. The summed E-state index contributed by atoms with van der Waals surface area (Å²) < 4.78 is 0. The summed E-state index contributed by atoms with van der Waals surface area (Å²) in [6, 6.07) is -6.25. The van der Waals surface area contributed by atoms with Crippen LogP contribution < -0.4 is 38.1 Å². The third-order valence-electron chi connectivity index (χ3n) is 10.4. The van der Waals surface area contributed by atoms with Crippen LogP contribution in [0.3, 0.4) is 0 Å². The molecule has 1 heterocycles. The predicted octanol–water partition coefficient (Wildman–Crippen LogP) is 2.89. The van der Waals surface area contributed by atoms with E-state index in [9.17, 15) is 43.8 Å². The number of aliphatic hydroxyl groups is 1. The molecule has 2 unspecified atom stereocenters. The van der Waals surface area contributed by atoms with Crippen LogP contribution in [0.25, 0.3) is 0 Å². The molecule has 7 atom stereocenters. The van der Waals surface area contributed by atoms with Gasteiger partial charge in [-0.3, -0.25) is 38.6 Å². The number of nitrogens with two attached hydrogens (primary N) is 2. The number of aliphatic imine (C=N–C) groups is 1. The van der Waals surface area contributed by atoms with E-state index >= 15 is 0 Å². The fourth-order valence-electron chi connectivity index (χ4n) is 6.38. The van der Waals surface area contributed by atoms with E-state index in [0.29, 0.717) is 19.4 Å². The first-order valence-corrected chi connectivity index (χ1v) is 22.0. The van der Waals surface area contributed by atoms with Crippen molar-refractivity contribution in [2.75, 3.05) is 13.1 Å². The molecule has 11 N–H and O–H groups in total. The second-order valence-corrected chi connectivity index (χ2v) is 15.7. The van der Waals surface area contributed by atoms with E-state index in [2.05, 4.69) is 45.4 Å². The monoisotopic (exact) mass is 839 g/mol. The first kappa shape index (κ1) is 54.9. The Morgan fingerprint density at radius 2 is 1.25 bits per heavy atom. The van der Waals surface area contributed by atoms with Crippen molar-refractivity contribution in [1.82, 2.24) is 26.6 Å². The van der Waals surface area contributed by atoms with Crippen molar-refractivity contribution in [1.29, 1.82) is 0 Å². The number of carbonyl (C=O) groups is 7. The highest BCUT2D eigenvalue weighted by molar-refractivity contribution is 6.41. The van der Waals surface area contributed by atoms with Crippen LogP contribution in [0, 0.1) is 5.92 Å². The zero-order valence-electron chi connectivity index (χ0n) is 36.7. The van der Waals surface area contributed by atoms with Crippen LogP contribution in [0.2, 0.25) is 0 Å². The quantitative estimate of drug-likeness (QED) is 0.0498. The molecule has 1 aliphatic heterocycles. The summed E-state index contributed by atoms with van der Waals surface area (Å²) in [5.74, 6) is -6.47. The number of carboxylic acids is 1. The third-order valence-corrected chi connectivity index (χ3v) is 10.4. The lowest BCUT2D eigenvalue weighted by molar-refractivity contribution is -0.141. The molecule has 17 heteroatoms. The zero-order chi connectivity index (χ0) is 44.8. The number of hydrogen-bond donors (Lipinski definition) is 9. The molecular formula is C42H78N8O9. The molecule has 1 rings (SSSR count). The topological polar surface area (TPSA) is 284 Å². The van der Waals surface area contributed by atoms with Gasteiger partial charge in [0.2, 0.25) is 35.2 Å². The maximum atomic E-state index is 13.8. The number of amides is 4. The maximum Gasteiger partial charge on any atom is 0.303 e. The fraction of sp³-hybridized carbons (Fsp3) is 0.810. The lowest BCUT2D eigenvalue weighted by Gasteiger charge is -2.28. The van der Waals surface area contributed by atoms with Crippen molar-refractivity contribution < 1.29 is 43.8 Å². The second-order valence-electron chi connectivity index (χ2n) is 15.7. The maximum absolute atomic E-state index is 13.8. The molecule has 0 saturated carbocycles. The summed E-state index contributed by atoms with van der Waals surface area (Å²) in [6.07, 6.45) is 12.7. The molecule has 1 fully saturated rings. The average Bonchev–Trinajstić information content (AvgIpc) is 3.19. The molecule has 0 radical (unpaired) electrons. The smallest absolute Gasteiger partial charge is 0.303 e. The van der Waals surface area contributed by atoms with E-state index in [0.717, 1.165) is 38.5 Å². The molecular weight excluding hydrogens is 761 g/mol. The van der Waals surface area contributed by atoms with Crippen LogP contribution in [0.4, 0.5) is 0 Å². The number of guanidine groups is 1. The summed E-state index contributed by atoms with van der Waals surface area (Å²) in [5.41, 5.74) is 10.8. The van der Waals surface area contributed by atoms with Crippen molar-refractivity contribution in [2.45, 2.75) is 200 Å². The Kier molecular flexibility index (Phi) is 30.4. The summed E-state index contributed by atoms with van der Waals surface area (Å²) >= 11 is 0. The summed E-state index contributed by atoms with van der Waals surface area (Å²) in [5, 5.41) is 32.9. The minimum absolute atomic E-state index is 0.0341. The molecule has 59 heavy (non-hydrogen) atoms. The van der Waals surface area contributed by atoms with Crippen LogP contribution in [0.15, 0.2) is 4.99 Å². The van der Waals surface area contributed by atoms with E-state index in [-0.39, 0.29) is 38.2 Å². The number of nitrogens with zero attached hydrogens (tertiary/aromatic N) is 1. The van der Waals surface area contributed by atoms with Gasteiger partial charge in [0.05, 0.1) is 18.2 Å². The van der Waals surface area contributed by atoms with Crippen molar-refractivity contribution in [3.05, 3.63) is 0 Å². The van der Waals surface area contributed by atoms with Gasteiger partial charge in [-0.1, -0.05) is 105 Å². The number of nitrogens with one attached hydrogen (secondary N) is 5. The van der Waals surface area contributed by atoms with Gasteiger partial charge in [-0.2, -0.15) is 0 Å². The molecule has 340 valence electrons. The Balaban J connectivity index is 0.00000378. The Morgan fingerprint density at radius 3 is 1.80 bits per heavy atom. The van der Waals surface area contributed by atoms with Gasteiger partial charge >= 0.3 is 5.97 Å². The number of hydrogen-bond acceptors (Lipinski definition) is 10. The zero-order valence-corrected chi connectivity index (χ0v) is 36.7. The lowest BCUT2D eigenvalue weighted by atomic mass is 9.91. The number of rotatable bonds is 15. The summed E-state index contributed by atoms with van der Waals surface area (Å²) in [6.45, 7) is 11.5. The molecule has 0 bridgehead atoms. The van der Waals surface area contributed by atoms with Crippen molar-refractivity contribution in [3.8, 4) is 0 Å². The Hall–Kier alpha value is -4.12. The Morgan fingerprint density at radius 1 is 0.712 bits per heavy atom. The van der Waals surface area contributed by atoms with Crippen LogP contribution in [0.1, 0.15) is 164 Å². The Bertz CT molecular complexity index is 1300. The van der Waals surface area contributed by atoms with Crippen molar-refractivity contribution in [3.63, 3.8) is 0 Å². The van der Waals surface area contributed by atoms with Gasteiger partial charge in [0.1, 0.15) is 18.1 Å². The van der Waals surface area contributed by atoms with Crippen molar-refractivity contribution >= 4 is 47.1 Å².